The number of carbonyl (C=O) groups is 1. The van der Waals surface area contributed by atoms with Crippen molar-refractivity contribution < 1.29 is 4.79 Å². The molecule has 0 N–H and O–H groups in total. The quantitative estimate of drug-likeness (QED) is 0.568. The van der Waals surface area contributed by atoms with E-state index in [-0.39, 0.29) is 5.78 Å². The molecule has 14 heavy (non-hydrogen) atoms. The predicted octanol–water partition coefficient (Wildman–Crippen LogP) is 0.0917. The normalized spacial score (nSPS) is 17.3. The number of rotatable bonds is 0. The molecule has 2 heteroatoms. The third-order valence-corrected chi connectivity index (χ3v) is 2.48. The summed E-state index contributed by atoms with van der Waals surface area (Å²) in [6, 6.07) is 1.97. The summed E-state index contributed by atoms with van der Waals surface area (Å²) in [6.07, 6.45) is 10.7. The molecule has 0 unspecified atom stereocenters. The van der Waals surface area contributed by atoms with Gasteiger partial charge in [-0.1, -0.05) is 0 Å². The molecule has 0 saturated carbocycles. The lowest BCUT2D eigenvalue weighted by atomic mass is 10.0. The molecule has 1 heterocycles. The van der Waals surface area contributed by atoms with Gasteiger partial charge in [0.2, 0.25) is 0 Å². The standard InChI is InChI=1S/C12H7NO/c14-10-1-2-11-8(6-10)5-9-7-13-4-3-12(9)11/h1-7H. The Labute approximate surface area is 80.6 Å². The van der Waals surface area contributed by atoms with Gasteiger partial charge in [-0.25, -0.2) is 0 Å². The summed E-state index contributed by atoms with van der Waals surface area (Å²) < 4.78 is 0. The van der Waals surface area contributed by atoms with Crippen LogP contribution in [0.1, 0.15) is 0 Å². The Hall–Kier alpha value is -1.96. The van der Waals surface area contributed by atoms with Crippen LogP contribution in [0.4, 0.5) is 0 Å². The fourth-order valence-electron chi connectivity index (χ4n) is 1.84. The second-order valence-electron chi connectivity index (χ2n) is 3.36. The summed E-state index contributed by atoms with van der Waals surface area (Å²) in [6.45, 7) is 0. The van der Waals surface area contributed by atoms with Crippen molar-refractivity contribution in [3.05, 3.63) is 52.7 Å². The van der Waals surface area contributed by atoms with Gasteiger partial charge >= 0.3 is 0 Å². The third kappa shape index (κ3) is 0.909. The highest BCUT2D eigenvalue weighted by Crippen LogP contribution is 2.19. The Morgan fingerprint density at radius 1 is 1.14 bits per heavy atom. The summed E-state index contributed by atoms with van der Waals surface area (Å²) in [5, 5.41) is 2.25. The highest BCUT2D eigenvalue weighted by molar-refractivity contribution is 6.09. The maximum atomic E-state index is 11.1. The molecule has 66 valence electrons. The first kappa shape index (κ1) is 7.44. The molecule has 2 nitrogen and oxygen atoms in total. The molecule has 3 rings (SSSR count). The van der Waals surface area contributed by atoms with Crippen molar-refractivity contribution in [1.29, 1.82) is 0 Å². The lowest BCUT2D eigenvalue weighted by molar-refractivity contribution is -0.110. The van der Waals surface area contributed by atoms with Gasteiger partial charge < -0.3 is 0 Å². The number of hydrogen-bond acceptors (Lipinski definition) is 2. The zero-order valence-corrected chi connectivity index (χ0v) is 7.40. The second-order valence-corrected chi connectivity index (χ2v) is 3.36. The first-order valence-corrected chi connectivity index (χ1v) is 4.45. The molecule has 0 aliphatic heterocycles. The summed E-state index contributed by atoms with van der Waals surface area (Å²) in [4.78, 5) is 15.2. The number of pyridine rings is 1. The van der Waals surface area contributed by atoms with Crippen molar-refractivity contribution in [2.75, 3.05) is 0 Å². The van der Waals surface area contributed by atoms with Gasteiger partial charge in [0.15, 0.2) is 5.78 Å². The molecule has 0 fully saturated rings. The van der Waals surface area contributed by atoms with Crippen LogP contribution >= 0.6 is 0 Å². The zero-order chi connectivity index (χ0) is 9.54. The zero-order valence-electron chi connectivity index (χ0n) is 7.40. The number of aromatic nitrogens is 1. The minimum atomic E-state index is 0.0563. The van der Waals surface area contributed by atoms with E-state index >= 15 is 0 Å². The number of allylic oxidation sites excluding steroid dienone is 4. The van der Waals surface area contributed by atoms with Crippen LogP contribution in [0.5, 0.6) is 0 Å². The van der Waals surface area contributed by atoms with Crippen LogP contribution in [0.2, 0.25) is 0 Å². The lowest BCUT2D eigenvalue weighted by Gasteiger charge is -2.02. The summed E-state index contributed by atoms with van der Waals surface area (Å²) in [5.41, 5.74) is 2.13. The van der Waals surface area contributed by atoms with Crippen LogP contribution in [0.25, 0.3) is 11.6 Å². The van der Waals surface area contributed by atoms with E-state index in [0.717, 1.165) is 21.6 Å². The largest absolute Gasteiger partial charge is 0.290 e. The molecule has 2 aliphatic carbocycles. The van der Waals surface area contributed by atoms with Gasteiger partial charge in [0.05, 0.1) is 0 Å². The van der Waals surface area contributed by atoms with E-state index in [9.17, 15) is 4.79 Å². The number of hydrogen-bond donors (Lipinski definition) is 0. The average Bonchev–Trinajstić information content (AvgIpc) is 2.54. The molecule has 0 bridgehead atoms. The predicted molar refractivity (Wildman–Crippen MR) is 53.6 cm³/mol. The van der Waals surface area contributed by atoms with Gasteiger partial charge in [-0.05, 0) is 46.7 Å². The fraction of sp³-hybridized carbons (Fsp3) is 0. The van der Waals surface area contributed by atoms with Crippen LogP contribution in [0.3, 0.4) is 0 Å². The number of ketones is 1. The van der Waals surface area contributed by atoms with E-state index in [1.165, 1.54) is 0 Å². The van der Waals surface area contributed by atoms with Gasteiger partial charge in [-0.3, -0.25) is 9.78 Å². The van der Waals surface area contributed by atoms with E-state index in [4.69, 9.17) is 0 Å². The van der Waals surface area contributed by atoms with Gasteiger partial charge in [0.1, 0.15) is 0 Å². The van der Waals surface area contributed by atoms with Crippen molar-refractivity contribution in [2.24, 2.45) is 0 Å². The van der Waals surface area contributed by atoms with Gasteiger partial charge in [0, 0.05) is 17.6 Å². The highest BCUT2D eigenvalue weighted by atomic mass is 16.1. The Balaban J connectivity index is 2.45. The molecule has 0 atom stereocenters. The molecule has 1 aromatic rings. The van der Waals surface area contributed by atoms with E-state index in [0.29, 0.717) is 0 Å². The minimum Gasteiger partial charge on any atom is -0.290 e. The molecule has 0 aromatic carbocycles. The molecule has 0 spiro atoms. The monoisotopic (exact) mass is 181 g/mol. The van der Waals surface area contributed by atoms with Crippen molar-refractivity contribution in [3.63, 3.8) is 0 Å². The lowest BCUT2D eigenvalue weighted by Crippen LogP contribution is -2.22. The fourth-order valence-corrected chi connectivity index (χ4v) is 1.84. The van der Waals surface area contributed by atoms with E-state index in [2.05, 4.69) is 4.98 Å². The molecular formula is C12H7NO. The van der Waals surface area contributed by atoms with Crippen LogP contribution in [0, 0.1) is 0 Å². The Kier molecular flexibility index (Phi) is 1.34. The third-order valence-electron chi connectivity index (χ3n) is 2.48. The Morgan fingerprint density at radius 2 is 2.07 bits per heavy atom. The molecule has 0 amide bonds. The number of nitrogens with zero attached hydrogens (tertiary/aromatic N) is 1. The minimum absolute atomic E-state index is 0.0563. The first-order valence-electron chi connectivity index (χ1n) is 4.45. The van der Waals surface area contributed by atoms with E-state index in [1.54, 1.807) is 18.3 Å². The number of fused-ring (bicyclic) bond motifs is 2. The first-order chi connectivity index (χ1) is 6.84. The van der Waals surface area contributed by atoms with Crippen LogP contribution < -0.4 is 10.4 Å². The molecular weight excluding hydrogens is 174 g/mol. The van der Waals surface area contributed by atoms with Crippen LogP contribution in [0.15, 0.2) is 42.3 Å². The summed E-state index contributed by atoms with van der Waals surface area (Å²) in [5.74, 6) is 0.0563. The van der Waals surface area contributed by atoms with E-state index < -0.39 is 0 Å². The molecule has 0 saturated heterocycles. The average molecular weight is 181 g/mol. The molecule has 2 aliphatic rings. The maximum absolute atomic E-state index is 11.1. The Morgan fingerprint density at radius 3 is 3.00 bits per heavy atom. The van der Waals surface area contributed by atoms with Gasteiger partial charge in [0.25, 0.3) is 0 Å². The molecule has 0 radical (unpaired) electrons. The summed E-state index contributed by atoms with van der Waals surface area (Å²) in [7, 11) is 0. The van der Waals surface area contributed by atoms with Crippen LogP contribution in [-0.4, -0.2) is 10.8 Å². The summed E-state index contributed by atoms with van der Waals surface area (Å²) >= 11 is 0. The van der Waals surface area contributed by atoms with Gasteiger partial charge in [-0.2, -0.15) is 0 Å². The van der Waals surface area contributed by atoms with Crippen molar-refractivity contribution >= 4 is 17.4 Å². The van der Waals surface area contributed by atoms with Crippen molar-refractivity contribution in [3.8, 4) is 0 Å². The number of carbonyl (C=O) groups excluding carboxylic acids is 1. The van der Waals surface area contributed by atoms with Gasteiger partial charge in [-0.15, -0.1) is 0 Å². The Bertz CT molecular complexity index is 605. The van der Waals surface area contributed by atoms with Crippen molar-refractivity contribution in [1.82, 2.24) is 4.98 Å². The topological polar surface area (TPSA) is 30.0 Å². The molecule has 1 aromatic heterocycles. The second kappa shape index (κ2) is 2.51. The van der Waals surface area contributed by atoms with E-state index in [1.807, 2.05) is 24.4 Å². The SMILES string of the molecule is O=C1C=CC2=c3ccncc3=CC2=C1. The van der Waals surface area contributed by atoms with Crippen LogP contribution in [-0.2, 0) is 4.79 Å². The smallest absolute Gasteiger partial charge is 0.179 e. The maximum Gasteiger partial charge on any atom is 0.179 e. The highest BCUT2D eigenvalue weighted by Gasteiger charge is 2.12. The van der Waals surface area contributed by atoms with Crippen molar-refractivity contribution in [2.45, 2.75) is 0 Å².